The lowest BCUT2D eigenvalue weighted by atomic mass is 10.2. The minimum absolute atomic E-state index is 0.629. The molecule has 0 saturated heterocycles. The Kier molecular flexibility index (Phi) is 4.96. The van der Waals surface area contributed by atoms with E-state index in [9.17, 15) is 0 Å². The van der Waals surface area contributed by atoms with Gasteiger partial charge in [0.25, 0.3) is 0 Å². The van der Waals surface area contributed by atoms with Gasteiger partial charge in [0, 0.05) is 31.8 Å². The van der Waals surface area contributed by atoms with Gasteiger partial charge in [0.05, 0.1) is 6.61 Å². The summed E-state index contributed by atoms with van der Waals surface area (Å²) in [6, 6.07) is 0.629. The van der Waals surface area contributed by atoms with Crippen molar-refractivity contribution in [3.63, 3.8) is 0 Å². The Bertz CT molecular complexity index is 406. The lowest BCUT2D eigenvalue weighted by Crippen LogP contribution is -2.31. The summed E-state index contributed by atoms with van der Waals surface area (Å²) < 4.78 is 5.22. The Labute approximate surface area is 115 Å². The molecule has 1 aromatic heterocycles. The molecular weight excluding hydrogens is 240 g/mol. The normalized spacial score (nSPS) is 14.5. The summed E-state index contributed by atoms with van der Waals surface area (Å²) in [5, 5.41) is 3.33. The maximum absolute atomic E-state index is 5.22. The molecule has 0 bridgehead atoms. The fourth-order valence-corrected chi connectivity index (χ4v) is 2.33. The molecule has 0 aliphatic heterocycles. The molecule has 106 valence electrons. The summed E-state index contributed by atoms with van der Waals surface area (Å²) in [5.41, 5.74) is 1.22. The highest BCUT2D eigenvalue weighted by Gasteiger charge is 2.31. The fraction of sp³-hybridized carbons (Fsp3) is 0.714. The molecule has 0 amide bonds. The van der Waals surface area contributed by atoms with Crippen molar-refractivity contribution in [1.82, 2.24) is 9.97 Å². The van der Waals surface area contributed by atoms with Crippen LogP contribution in [0.25, 0.3) is 0 Å². The standard InChI is InChI=1S/C14H24N4O/c1-4-12-13(15-5-2)16-10-17-14(12)18(8-9-19-3)11-6-7-11/h10-11H,4-9H2,1-3H3,(H,15,16,17). The molecule has 1 saturated carbocycles. The Morgan fingerprint density at radius 2 is 2.16 bits per heavy atom. The summed E-state index contributed by atoms with van der Waals surface area (Å²) in [6.45, 7) is 6.76. The van der Waals surface area contributed by atoms with Crippen molar-refractivity contribution in [2.24, 2.45) is 0 Å². The third-order valence-electron chi connectivity index (χ3n) is 3.42. The Morgan fingerprint density at radius 1 is 1.37 bits per heavy atom. The number of nitrogens with one attached hydrogen (secondary N) is 1. The molecule has 0 aromatic carbocycles. The lowest BCUT2D eigenvalue weighted by Gasteiger charge is -2.26. The Balaban J connectivity index is 2.26. The molecule has 5 heteroatoms. The first-order chi connectivity index (χ1) is 9.31. The van der Waals surface area contributed by atoms with E-state index in [1.807, 2.05) is 0 Å². The van der Waals surface area contributed by atoms with E-state index in [2.05, 4.69) is 34.0 Å². The highest BCUT2D eigenvalue weighted by Crippen LogP contribution is 2.33. The van der Waals surface area contributed by atoms with E-state index in [-0.39, 0.29) is 0 Å². The quantitative estimate of drug-likeness (QED) is 0.779. The van der Waals surface area contributed by atoms with Crippen LogP contribution in [-0.2, 0) is 11.2 Å². The van der Waals surface area contributed by atoms with Gasteiger partial charge >= 0.3 is 0 Å². The summed E-state index contributed by atoms with van der Waals surface area (Å²) in [5.74, 6) is 2.05. The van der Waals surface area contributed by atoms with Crippen LogP contribution in [0.1, 0.15) is 32.3 Å². The maximum Gasteiger partial charge on any atom is 0.137 e. The van der Waals surface area contributed by atoms with Gasteiger partial charge < -0.3 is 15.0 Å². The number of ether oxygens (including phenoxy) is 1. The van der Waals surface area contributed by atoms with Crippen LogP contribution >= 0.6 is 0 Å². The van der Waals surface area contributed by atoms with E-state index >= 15 is 0 Å². The number of rotatable bonds is 8. The molecule has 5 nitrogen and oxygen atoms in total. The zero-order chi connectivity index (χ0) is 13.7. The maximum atomic E-state index is 5.22. The van der Waals surface area contributed by atoms with Gasteiger partial charge in [0.1, 0.15) is 18.0 Å². The monoisotopic (exact) mass is 264 g/mol. The molecule has 1 N–H and O–H groups in total. The molecule has 1 heterocycles. The molecule has 1 aliphatic carbocycles. The lowest BCUT2D eigenvalue weighted by molar-refractivity contribution is 0.204. The van der Waals surface area contributed by atoms with E-state index in [0.717, 1.165) is 37.8 Å². The van der Waals surface area contributed by atoms with Crippen LogP contribution in [0.15, 0.2) is 6.33 Å². The third-order valence-corrected chi connectivity index (χ3v) is 3.42. The SMILES string of the molecule is CCNc1ncnc(N(CCOC)C2CC2)c1CC. The van der Waals surface area contributed by atoms with Crippen LogP contribution < -0.4 is 10.2 Å². The zero-order valence-electron chi connectivity index (χ0n) is 12.1. The molecule has 0 radical (unpaired) electrons. The van der Waals surface area contributed by atoms with Crippen molar-refractivity contribution in [3.8, 4) is 0 Å². The van der Waals surface area contributed by atoms with Gasteiger partial charge in [0.2, 0.25) is 0 Å². The van der Waals surface area contributed by atoms with Crippen LogP contribution in [0, 0.1) is 0 Å². The van der Waals surface area contributed by atoms with Gasteiger partial charge in [-0.05, 0) is 26.2 Å². The summed E-state index contributed by atoms with van der Waals surface area (Å²) in [7, 11) is 1.75. The predicted molar refractivity (Wildman–Crippen MR) is 77.8 cm³/mol. The van der Waals surface area contributed by atoms with Crippen molar-refractivity contribution in [2.45, 2.75) is 39.2 Å². The number of nitrogens with zero attached hydrogens (tertiary/aromatic N) is 3. The van der Waals surface area contributed by atoms with Gasteiger partial charge in [-0.3, -0.25) is 0 Å². The number of hydrogen-bond acceptors (Lipinski definition) is 5. The zero-order valence-corrected chi connectivity index (χ0v) is 12.1. The predicted octanol–water partition coefficient (Wildman–Crippen LogP) is 2.09. The molecule has 19 heavy (non-hydrogen) atoms. The molecule has 2 rings (SSSR count). The first-order valence-corrected chi connectivity index (χ1v) is 7.15. The number of hydrogen-bond donors (Lipinski definition) is 1. The number of aromatic nitrogens is 2. The van der Waals surface area contributed by atoms with E-state index in [1.54, 1.807) is 13.4 Å². The van der Waals surface area contributed by atoms with Crippen molar-refractivity contribution in [2.75, 3.05) is 37.0 Å². The Morgan fingerprint density at radius 3 is 2.74 bits per heavy atom. The molecule has 1 fully saturated rings. The number of anilines is 2. The summed E-state index contributed by atoms with van der Waals surface area (Å²) >= 11 is 0. The van der Waals surface area contributed by atoms with Crippen LogP contribution in [0.2, 0.25) is 0 Å². The van der Waals surface area contributed by atoms with Gasteiger partial charge in [0.15, 0.2) is 0 Å². The van der Waals surface area contributed by atoms with Gasteiger partial charge in [-0.25, -0.2) is 9.97 Å². The van der Waals surface area contributed by atoms with Crippen LogP contribution in [0.4, 0.5) is 11.6 Å². The fourth-order valence-electron chi connectivity index (χ4n) is 2.33. The molecular formula is C14H24N4O. The molecule has 1 aliphatic rings. The van der Waals surface area contributed by atoms with Crippen molar-refractivity contribution in [3.05, 3.63) is 11.9 Å². The molecule has 0 unspecified atom stereocenters. The second-order valence-corrected chi connectivity index (χ2v) is 4.83. The number of methoxy groups -OCH3 is 1. The topological polar surface area (TPSA) is 50.3 Å². The Hall–Kier alpha value is -1.36. The molecule has 0 atom stereocenters. The molecule has 0 spiro atoms. The third kappa shape index (κ3) is 3.35. The van der Waals surface area contributed by atoms with Gasteiger partial charge in [-0.15, -0.1) is 0 Å². The average Bonchev–Trinajstić information content (AvgIpc) is 3.24. The second-order valence-electron chi connectivity index (χ2n) is 4.83. The first-order valence-electron chi connectivity index (χ1n) is 7.15. The highest BCUT2D eigenvalue weighted by molar-refractivity contribution is 5.59. The van der Waals surface area contributed by atoms with Crippen molar-refractivity contribution < 1.29 is 4.74 Å². The van der Waals surface area contributed by atoms with E-state index < -0.39 is 0 Å². The molecule has 1 aromatic rings. The van der Waals surface area contributed by atoms with Crippen LogP contribution in [0.3, 0.4) is 0 Å². The van der Waals surface area contributed by atoms with Gasteiger partial charge in [-0.2, -0.15) is 0 Å². The summed E-state index contributed by atoms with van der Waals surface area (Å²) in [4.78, 5) is 11.3. The summed E-state index contributed by atoms with van der Waals surface area (Å²) in [6.07, 6.45) is 5.12. The second kappa shape index (κ2) is 6.70. The van der Waals surface area contributed by atoms with E-state index in [0.29, 0.717) is 6.04 Å². The first kappa shape index (κ1) is 14.1. The van der Waals surface area contributed by atoms with Gasteiger partial charge in [-0.1, -0.05) is 6.92 Å². The average molecular weight is 264 g/mol. The minimum Gasteiger partial charge on any atom is -0.383 e. The highest BCUT2D eigenvalue weighted by atomic mass is 16.5. The smallest absolute Gasteiger partial charge is 0.137 e. The minimum atomic E-state index is 0.629. The van der Waals surface area contributed by atoms with Crippen LogP contribution in [0.5, 0.6) is 0 Å². The van der Waals surface area contributed by atoms with Crippen molar-refractivity contribution in [1.29, 1.82) is 0 Å². The van der Waals surface area contributed by atoms with Crippen LogP contribution in [-0.4, -0.2) is 42.8 Å². The van der Waals surface area contributed by atoms with E-state index in [1.165, 1.54) is 18.4 Å². The largest absolute Gasteiger partial charge is 0.383 e. The van der Waals surface area contributed by atoms with E-state index in [4.69, 9.17) is 4.74 Å². The van der Waals surface area contributed by atoms with Crippen molar-refractivity contribution >= 4 is 11.6 Å².